The highest BCUT2D eigenvalue weighted by atomic mass is 19.1. The average molecular weight is 549 g/mol. The van der Waals surface area contributed by atoms with Crippen molar-refractivity contribution >= 4 is 23.5 Å². The summed E-state index contributed by atoms with van der Waals surface area (Å²) in [7, 11) is 0. The molecule has 0 aromatic carbocycles. The van der Waals surface area contributed by atoms with Crippen LogP contribution in [0.1, 0.15) is 42.8 Å². The summed E-state index contributed by atoms with van der Waals surface area (Å²) in [4.78, 5) is 23.8. The van der Waals surface area contributed by atoms with Crippen molar-refractivity contribution in [3.8, 4) is 0 Å². The standard InChI is InChI=1S/C26H29FN10O3/c27-22-19(40-25(38)32-26-7-15(8-26)9-26)14-39-23(22)18-6-20(34-33-18)31-24-28-4-2-21-30-16(11-36(21)24)10-35-12-17(13-35)37-5-1-3-29-37/h1-6,11,15,17,19,22-23H,7-10,12-14H2,(H,32,38)(H2,28,31,33,34)/t15?,19-,22+,23-,26?/m1/s1. The van der Waals surface area contributed by atoms with E-state index in [0.717, 1.165) is 56.2 Å². The van der Waals surface area contributed by atoms with Crippen LogP contribution in [0.15, 0.2) is 43.0 Å². The molecule has 3 N–H and O–H groups in total. The number of alkyl carbamates (subject to hydrolysis) is 1. The fourth-order valence-electron chi connectivity index (χ4n) is 6.32. The van der Waals surface area contributed by atoms with Gasteiger partial charge in [0, 0.05) is 56.0 Å². The average Bonchev–Trinajstić information content (AvgIpc) is 3.66. The van der Waals surface area contributed by atoms with Gasteiger partial charge in [0.25, 0.3) is 0 Å². The minimum absolute atomic E-state index is 0.0188. The summed E-state index contributed by atoms with van der Waals surface area (Å²) in [5.41, 5.74) is 2.01. The molecule has 3 atom stereocenters. The van der Waals surface area contributed by atoms with Crippen molar-refractivity contribution < 1.29 is 18.7 Å². The van der Waals surface area contributed by atoms with Gasteiger partial charge in [0.2, 0.25) is 5.95 Å². The zero-order valence-corrected chi connectivity index (χ0v) is 21.6. The molecule has 0 unspecified atom stereocenters. The summed E-state index contributed by atoms with van der Waals surface area (Å²) in [5, 5.41) is 17.5. The lowest BCUT2D eigenvalue weighted by Crippen LogP contribution is -2.68. The van der Waals surface area contributed by atoms with Crippen molar-refractivity contribution in [3.05, 3.63) is 54.4 Å². The van der Waals surface area contributed by atoms with Crippen LogP contribution in [0.25, 0.3) is 5.65 Å². The van der Waals surface area contributed by atoms with Gasteiger partial charge in [-0.05, 0) is 37.3 Å². The maximum Gasteiger partial charge on any atom is 0.408 e. The molecule has 1 amide bonds. The van der Waals surface area contributed by atoms with Gasteiger partial charge in [-0.3, -0.25) is 19.1 Å². The van der Waals surface area contributed by atoms with Crippen LogP contribution in [0.3, 0.4) is 0 Å². The molecule has 0 spiro atoms. The van der Waals surface area contributed by atoms with Crippen LogP contribution < -0.4 is 10.6 Å². The Morgan fingerprint density at radius 3 is 2.92 bits per heavy atom. The fraction of sp³-hybridized carbons (Fsp3) is 0.500. The predicted octanol–water partition coefficient (Wildman–Crippen LogP) is 2.51. The molecule has 2 saturated heterocycles. The Hall–Kier alpha value is -4.04. The SMILES string of the molecule is O=C(NC12CC(C1)C2)O[C@@H]1CO[C@H](c2cc(Nc3nccc4nc(CN5CC(n6cccn6)C5)cn34)n[nH]2)[C@H]1F. The van der Waals surface area contributed by atoms with Crippen molar-refractivity contribution in [2.75, 3.05) is 25.0 Å². The first-order valence-electron chi connectivity index (χ1n) is 13.6. The van der Waals surface area contributed by atoms with E-state index in [9.17, 15) is 4.79 Å². The van der Waals surface area contributed by atoms with E-state index in [0.29, 0.717) is 23.5 Å². The zero-order chi connectivity index (χ0) is 26.8. The number of nitrogens with one attached hydrogen (secondary N) is 3. The number of amides is 1. The number of ether oxygens (including phenoxy) is 2. The van der Waals surface area contributed by atoms with Crippen LogP contribution >= 0.6 is 0 Å². The molecule has 6 heterocycles. The summed E-state index contributed by atoms with van der Waals surface area (Å²) in [6.07, 6.45) is 6.42. The second-order valence-corrected chi connectivity index (χ2v) is 11.4. The van der Waals surface area contributed by atoms with Gasteiger partial charge < -0.3 is 20.1 Å². The summed E-state index contributed by atoms with van der Waals surface area (Å²) in [5.74, 6) is 1.71. The number of alkyl halides is 1. The summed E-state index contributed by atoms with van der Waals surface area (Å²) in [6.45, 7) is 2.55. The van der Waals surface area contributed by atoms with Crippen LogP contribution in [0, 0.1) is 5.92 Å². The topological polar surface area (TPSA) is 140 Å². The van der Waals surface area contributed by atoms with Crippen LogP contribution in [0.2, 0.25) is 0 Å². The normalized spacial score (nSPS) is 29.5. The molecule has 14 heteroatoms. The number of H-pyrrole nitrogens is 1. The molecule has 9 rings (SSSR count). The molecule has 208 valence electrons. The molecule has 3 saturated carbocycles. The third kappa shape index (κ3) is 4.09. The largest absolute Gasteiger partial charge is 0.441 e. The van der Waals surface area contributed by atoms with Gasteiger partial charge in [0.05, 0.1) is 24.0 Å². The van der Waals surface area contributed by atoms with Crippen LogP contribution in [0.5, 0.6) is 0 Å². The first-order chi connectivity index (χ1) is 19.5. The molecule has 4 aromatic heterocycles. The molecule has 4 aromatic rings. The summed E-state index contributed by atoms with van der Waals surface area (Å²) < 4.78 is 30.1. The van der Waals surface area contributed by atoms with Gasteiger partial charge in [-0.25, -0.2) is 19.2 Å². The van der Waals surface area contributed by atoms with Gasteiger partial charge in [0.15, 0.2) is 18.1 Å². The monoisotopic (exact) mass is 548 g/mol. The van der Waals surface area contributed by atoms with E-state index in [1.54, 1.807) is 18.5 Å². The molecule has 5 fully saturated rings. The Labute approximate surface area is 228 Å². The second-order valence-electron chi connectivity index (χ2n) is 11.4. The van der Waals surface area contributed by atoms with E-state index in [2.05, 4.69) is 35.8 Å². The highest BCUT2D eigenvalue weighted by Crippen LogP contribution is 2.57. The number of aromatic amines is 1. The Balaban J connectivity index is 0.897. The maximum atomic E-state index is 15.2. The van der Waals surface area contributed by atoms with E-state index in [1.807, 2.05) is 33.6 Å². The number of hydrogen-bond acceptors (Lipinski definition) is 9. The molecule has 40 heavy (non-hydrogen) atoms. The number of carbonyl (C=O) groups excluding carboxylic acids is 1. The first kappa shape index (κ1) is 23.8. The van der Waals surface area contributed by atoms with Gasteiger partial charge in [-0.15, -0.1) is 0 Å². The number of hydrogen-bond donors (Lipinski definition) is 3. The molecule has 13 nitrogen and oxygen atoms in total. The third-order valence-corrected chi connectivity index (χ3v) is 8.55. The number of aromatic nitrogens is 7. The number of imidazole rings is 1. The Morgan fingerprint density at radius 2 is 2.15 bits per heavy atom. The molecular weight excluding hydrogens is 519 g/mol. The van der Waals surface area contributed by atoms with Crippen molar-refractivity contribution in [3.63, 3.8) is 0 Å². The van der Waals surface area contributed by atoms with E-state index in [1.165, 1.54) is 0 Å². The quantitative estimate of drug-likeness (QED) is 0.303. The third-order valence-electron chi connectivity index (χ3n) is 8.55. The number of anilines is 2. The minimum Gasteiger partial charge on any atom is -0.441 e. The number of carbonyl (C=O) groups is 1. The Morgan fingerprint density at radius 1 is 1.27 bits per heavy atom. The molecule has 0 radical (unpaired) electrons. The number of fused-ring (bicyclic) bond motifs is 1. The maximum absolute atomic E-state index is 15.2. The lowest BCUT2D eigenvalue weighted by molar-refractivity contribution is -0.0528. The highest BCUT2D eigenvalue weighted by molar-refractivity contribution is 5.69. The van der Waals surface area contributed by atoms with E-state index in [4.69, 9.17) is 14.5 Å². The van der Waals surface area contributed by atoms with Crippen molar-refractivity contribution in [1.82, 2.24) is 44.6 Å². The van der Waals surface area contributed by atoms with Crippen LogP contribution in [0.4, 0.5) is 21.0 Å². The lowest BCUT2D eigenvalue weighted by Gasteiger charge is -2.61. The molecular formula is C26H29FN10O3. The first-order valence-corrected chi connectivity index (χ1v) is 13.6. The lowest BCUT2D eigenvalue weighted by atomic mass is 9.50. The second kappa shape index (κ2) is 8.99. The Bertz CT molecular complexity index is 1530. The molecule has 5 aliphatic rings. The predicted molar refractivity (Wildman–Crippen MR) is 138 cm³/mol. The van der Waals surface area contributed by atoms with Crippen molar-refractivity contribution in [2.24, 2.45) is 5.92 Å². The Kier molecular flexibility index (Phi) is 5.35. The molecule has 2 aliphatic heterocycles. The van der Waals surface area contributed by atoms with Crippen LogP contribution in [-0.2, 0) is 16.0 Å². The zero-order valence-electron chi connectivity index (χ0n) is 21.6. The smallest absolute Gasteiger partial charge is 0.408 e. The van der Waals surface area contributed by atoms with Gasteiger partial charge in [0.1, 0.15) is 11.8 Å². The van der Waals surface area contributed by atoms with E-state index in [-0.39, 0.29) is 12.1 Å². The summed E-state index contributed by atoms with van der Waals surface area (Å²) in [6, 6.07) is 5.85. The minimum atomic E-state index is -1.51. The van der Waals surface area contributed by atoms with Gasteiger partial charge >= 0.3 is 6.09 Å². The highest BCUT2D eigenvalue weighted by Gasteiger charge is 2.58. The van der Waals surface area contributed by atoms with Crippen molar-refractivity contribution in [1.29, 1.82) is 0 Å². The molecule has 2 bridgehead atoms. The van der Waals surface area contributed by atoms with Crippen molar-refractivity contribution in [2.45, 2.75) is 55.8 Å². The van der Waals surface area contributed by atoms with Crippen LogP contribution in [-0.4, -0.2) is 82.9 Å². The molecule has 3 aliphatic carbocycles. The summed E-state index contributed by atoms with van der Waals surface area (Å²) >= 11 is 0. The van der Waals surface area contributed by atoms with Gasteiger partial charge in [-0.1, -0.05) is 0 Å². The fourth-order valence-corrected chi connectivity index (χ4v) is 6.32. The number of rotatable bonds is 8. The number of nitrogens with zero attached hydrogens (tertiary/aromatic N) is 7. The van der Waals surface area contributed by atoms with E-state index >= 15 is 4.39 Å². The number of likely N-dealkylation sites (tertiary alicyclic amines) is 1. The van der Waals surface area contributed by atoms with E-state index < -0.39 is 24.5 Å². The number of halogens is 1. The van der Waals surface area contributed by atoms with Gasteiger partial charge in [-0.2, -0.15) is 10.2 Å².